The van der Waals surface area contributed by atoms with Crippen molar-refractivity contribution in [3.8, 4) is 5.75 Å². The summed E-state index contributed by atoms with van der Waals surface area (Å²) in [5.41, 5.74) is 1.45. The van der Waals surface area contributed by atoms with Crippen molar-refractivity contribution >= 4 is 17.3 Å². The van der Waals surface area contributed by atoms with E-state index in [4.69, 9.17) is 0 Å². The Morgan fingerprint density at radius 3 is 3.06 bits per heavy atom. The Morgan fingerprint density at radius 2 is 2.29 bits per heavy atom. The summed E-state index contributed by atoms with van der Waals surface area (Å²) in [5, 5.41) is 12.9. The van der Waals surface area contributed by atoms with Gasteiger partial charge in [0.25, 0.3) is 0 Å². The highest BCUT2D eigenvalue weighted by atomic mass is 16.3. The molecule has 3 rings (SSSR count). The van der Waals surface area contributed by atoms with Gasteiger partial charge in [-0.25, -0.2) is 9.97 Å². The van der Waals surface area contributed by atoms with Gasteiger partial charge in [-0.05, 0) is 19.1 Å². The van der Waals surface area contributed by atoms with Gasteiger partial charge in [-0.3, -0.25) is 4.90 Å². The topological polar surface area (TPSA) is 61.3 Å². The average Bonchev–Trinajstić information content (AvgIpc) is 2.74. The van der Waals surface area contributed by atoms with Gasteiger partial charge in [-0.1, -0.05) is 6.07 Å². The first-order valence-corrected chi connectivity index (χ1v) is 5.39. The lowest BCUT2D eigenvalue weighted by molar-refractivity contribution is 0.477. The summed E-state index contributed by atoms with van der Waals surface area (Å²) < 4.78 is 0. The van der Waals surface area contributed by atoms with Gasteiger partial charge in [0.05, 0.1) is 6.67 Å². The first-order valence-electron chi connectivity index (χ1n) is 5.39. The molecule has 2 N–H and O–H groups in total. The highest BCUT2D eigenvalue weighted by molar-refractivity contribution is 5.81. The van der Waals surface area contributed by atoms with Crippen LogP contribution in [0.15, 0.2) is 30.5 Å². The van der Waals surface area contributed by atoms with Crippen LogP contribution in [0.1, 0.15) is 5.69 Å². The van der Waals surface area contributed by atoms with Crippen molar-refractivity contribution in [2.75, 3.05) is 16.9 Å². The summed E-state index contributed by atoms with van der Waals surface area (Å²) in [7, 11) is 0. The van der Waals surface area contributed by atoms with E-state index >= 15 is 0 Å². The second kappa shape index (κ2) is 3.62. The molecule has 17 heavy (non-hydrogen) atoms. The lowest BCUT2D eigenvalue weighted by Crippen LogP contribution is -2.18. The fourth-order valence-electron chi connectivity index (χ4n) is 1.94. The monoisotopic (exact) mass is 228 g/mol. The molecule has 0 spiro atoms. The number of aromatic nitrogens is 2. The summed E-state index contributed by atoms with van der Waals surface area (Å²) in [6, 6.07) is 7.36. The van der Waals surface area contributed by atoms with Gasteiger partial charge in [-0.2, -0.15) is 0 Å². The quantitative estimate of drug-likeness (QED) is 0.781. The maximum absolute atomic E-state index is 9.83. The number of nitrogens with zero attached hydrogens (tertiary/aromatic N) is 3. The molecule has 5 heteroatoms. The number of rotatable bonds is 1. The third kappa shape index (κ3) is 1.56. The number of fused-ring (bicyclic) bond motifs is 1. The van der Waals surface area contributed by atoms with Crippen molar-refractivity contribution in [3.63, 3.8) is 0 Å². The molecule has 2 aromatic heterocycles. The Bertz CT molecular complexity index is 556. The van der Waals surface area contributed by atoms with Crippen LogP contribution in [-0.2, 0) is 0 Å². The third-order valence-electron chi connectivity index (χ3n) is 2.70. The van der Waals surface area contributed by atoms with Crippen LogP contribution in [0, 0.1) is 6.92 Å². The van der Waals surface area contributed by atoms with E-state index in [0.717, 1.165) is 17.3 Å². The number of aromatic hydroxyl groups is 1. The van der Waals surface area contributed by atoms with Crippen LogP contribution in [-0.4, -0.2) is 21.7 Å². The van der Waals surface area contributed by atoms with Gasteiger partial charge < -0.3 is 10.4 Å². The molecule has 0 bridgehead atoms. The van der Waals surface area contributed by atoms with Gasteiger partial charge >= 0.3 is 0 Å². The van der Waals surface area contributed by atoms with Crippen LogP contribution < -0.4 is 10.2 Å². The van der Waals surface area contributed by atoms with E-state index in [1.165, 1.54) is 0 Å². The Labute approximate surface area is 98.8 Å². The van der Waals surface area contributed by atoms with Gasteiger partial charge in [0, 0.05) is 18.0 Å². The van der Waals surface area contributed by atoms with Crippen molar-refractivity contribution < 1.29 is 5.11 Å². The number of pyridine rings is 2. The maximum atomic E-state index is 9.83. The van der Waals surface area contributed by atoms with Gasteiger partial charge in [0.1, 0.15) is 17.3 Å². The molecule has 0 saturated heterocycles. The number of hydrogen-bond donors (Lipinski definition) is 2. The summed E-state index contributed by atoms with van der Waals surface area (Å²) in [5.74, 6) is 1.77. The van der Waals surface area contributed by atoms with Gasteiger partial charge in [0.2, 0.25) is 0 Å². The first kappa shape index (κ1) is 9.89. The molecule has 0 saturated carbocycles. The highest BCUT2D eigenvalue weighted by Gasteiger charge is 2.25. The predicted octanol–water partition coefficient (Wildman–Crippen LogP) is 2.01. The molecule has 86 valence electrons. The van der Waals surface area contributed by atoms with Crippen molar-refractivity contribution in [2.45, 2.75) is 6.92 Å². The van der Waals surface area contributed by atoms with Gasteiger partial charge in [-0.15, -0.1) is 0 Å². The van der Waals surface area contributed by atoms with Gasteiger partial charge in [0.15, 0.2) is 5.82 Å². The lowest BCUT2D eigenvalue weighted by atomic mass is 10.3. The largest absolute Gasteiger partial charge is 0.506 e. The zero-order chi connectivity index (χ0) is 11.8. The minimum Gasteiger partial charge on any atom is -0.506 e. The molecular formula is C12H12N4O. The molecular weight excluding hydrogens is 216 g/mol. The molecule has 0 unspecified atom stereocenters. The van der Waals surface area contributed by atoms with Crippen LogP contribution in [0.5, 0.6) is 5.75 Å². The van der Waals surface area contributed by atoms with E-state index in [2.05, 4.69) is 15.3 Å². The number of anilines is 3. The van der Waals surface area contributed by atoms with E-state index < -0.39 is 0 Å². The molecule has 0 aromatic carbocycles. The number of aryl methyl sites for hydroxylation is 1. The van der Waals surface area contributed by atoms with Crippen LogP contribution in [0.3, 0.4) is 0 Å². The van der Waals surface area contributed by atoms with Crippen LogP contribution in [0.2, 0.25) is 0 Å². The Hall–Kier alpha value is -2.30. The number of hydrogen-bond acceptors (Lipinski definition) is 5. The Kier molecular flexibility index (Phi) is 2.11. The minimum atomic E-state index is 0.228. The summed E-state index contributed by atoms with van der Waals surface area (Å²) >= 11 is 0. The zero-order valence-electron chi connectivity index (χ0n) is 9.38. The lowest BCUT2D eigenvalue weighted by Gasteiger charge is -2.15. The first-order chi connectivity index (χ1) is 8.25. The summed E-state index contributed by atoms with van der Waals surface area (Å²) in [6.07, 6.45) is 1.74. The molecule has 0 amide bonds. The normalized spacial score (nSPS) is 13.4. The van der Waals surface area contributed by atoms with E-state index in [9.17, 15) is 5.11 Å². The molecule has 0 radical (unpaired) electrons. The average molecular weight is 228 g/mol. The van der Waals surface area contributed by atoms with E-state index in [0.29, 0.717) is 12.4 Å². The summed E-state index contributed by atoms with van der Waals surface area (Å²) in [6.45, 7) is 2.42. The van der Waals surface area contributed by atoms with Crippen molar-refractivity contribution in [3.05, 3.63) is 36.2 Å². The predicted molar refractivity (Wildman–Crippen MR) is 65.5 cm³/mol. The van der Waals surface area contributed by atoms with Crippen LogP contribution in [0.4, 0.5) is 17.3 Å². The van der Waals surface area contributed by atoms with Crippen LogP contribution >= 0.6 is 0 Å². The third-order valence-corrected chi connectivity index (χ3v) is 2.70. The SMILES string of the molecule is Cc1cc(O)c2c(n1)N(c1ccccn1)CN2. The molecule has 1 aliphatic rings. The Balaban J connectivity index is 2.10. The molecule has 0 atom stereocenters. The van der Waals surface area contributed by atoms with E-state index in [1.54, 1.807) is 12.3 Å². The molecule has 0 aliphatic carbocycles. The maximum Gasteiger partial charge on any atom is 0.163 e. The highest BCUT2D eigenvalue weighted by Crippen LogP contribution is 2.40. The minimum absolute atomic E-state index is 0.228. The van der Waals surface area contributed by atoms with E-state index in [1.807, 2.05) is 30.0 Å². The fourth-order valence-corrected chi connectivity index (χ4v) is 1.94. The second-order valence-corrected chi connectivity index (χ2v) is 3.93. The fraction of sp³-hybridized carbons (Fsp3) is 0.167. The Morgan fingerprint density at radius 1 is 1.41 bits per heavy atom. The number of nitrogens with one attached hydrogen (secondary N) is 1. The van der Waals surface area contributed by atoms with Crippen molar-refractivity contribution in [1.82, 2.24) is 9.97 Å². The standard InChI is InChI=1S/C12H12N4O/c1-8-6-9(17)11-12(15-8)16(7-14-11)10-4-2-3-5-13-10/h2-6,14H,7H2,1H3,(H,15,17). The smallest absolute Gasteiger partial charge is 0.163 e. The van der Waals surface area contributed by atoms with Crippen molar-refractivity contribution in [1.29, 1.82) is 0 Å². The second-order valence-electron chi connectivity index (χ2n) is 3.93. The van der Waals surface area contributed by atoms with Crippen molar-refractivity contribution in [2.24, 2.45) is 0 Å². The molecule has 0 fully saturated rings. The van der Waals surface area contributed by atoms with E-state index in [-0.39, 0.29) is 5.75 Å². The molecule has 1 aliphatic heterocycles. The van der Waals surface area contributed by atoms with Crippen LogP contribution in [0.25, 0.3) is 0 Å². The molecule has 3 heterocycles. The molecule has 2 aromatic rings. The zero-order valence-corrected chi connectivity index (χ0v) is 9.38. The summed E-state index contributed by atoms with van der Waals surface area (Å²) in [4.78, 5) is 10.7. The molecule has 5 nitrogen and oxygen atoms in total.